The van der Waals surface area contributed by atoms with Crippen LogP contribution in [0, 0.1) is 11.3 Å². The van der Waals surface area contributed by atoms with Gasteiger partial charge in [-0.05, 0) is 19.1 Å². The van der Waals surface area contributed by atoms with Crippen LogP contribution < -0.4 is 4.74 Å². The van der Waals surface area contributed by atoms with E-state index < -0.39 is 0 Å². The fraction of sp³-hybridized carbons (Fsp3) is 0.158. The first-order valence-corrected chi connectivity index (χ1v) is 8.44. The smallest absolute Gasteiger partial charge is 0.174 e. The van der Waals surface area contributed by atoms with Crippen LogP contribution in [0.3, 0.4) is 0 Å². The number of thioether (sulfide) groups is 1. The van der Waals surface area contributed by atoms with Crippen LogP contribution in [0.1, 0.15) is 6.92 Å². The van der Waals surface area contributed by atoms with Gasteiger partial charge in [0.15, 0.2) is 5.16 Å². The molecule has 0 aliphatic carbocycles. The highest BCUT2D eigenvalue weighted by Crippen LogP contribution is 2.32. The zero-order valence-electron chi connectivity index (χ0n) is 13.5. The summed E-state index contributed by atoms with van der Waals surface area (Å²) < 4.78 is 7.41. The largest absolute Gasteiger partial charge is 0.497 e. The van der Waals surface area contributed by atoms with Crippen molar-refractivity contribution < 1.29 is 4.74 Å². The molecule has 0 amide bonds. The topological polar surface area (TPSA) is 50.8 Å². The summed E-state index contributed by atoms with van der Waals surface area (Å²) in [5, 5.41) is 9.74. The van der Waals surface area contributed by atoms with Crippen molar-refractivity contribution in [2.24, 2.45) is 0 Å². The highest BCUT2D eigenvalue weighted by atomic mass is 32.2. The molecular formula is C19H17N3OS. The number of nitrogens with zero attached hydrogens (tertiary/aromatic N) is 3. The Morgan fingerprint density at radius 3 is 2.67 bits per heavy atom. The summed E-state index contributed by atoms with van der Waals surface area (Å²) in [6.45, 7) is 1.87. The molecule has 1 heterocycles. The molecule has 0 fully saturated rings. The van der Waals surface area contributed by atoms with Crippen LogP contribution in [0.25, 0.3) is 16.9 Å². The van der Waals surface area contributed by atoms with Crippen LogP contribution >= 0.6 is 11.8 Å². The first-order chi connectivity index (χ1) is 11.7. The van der Waals surface area contributed by atoms with E-state index in [2.05, 4.69) is 27.8 Å². The van der Waals surface area contributed by atoms with Crippen LogP contribution in [-0.4, -0.2) is 21.9 Å². The molecule has 3 rings (SSSR count). The van der Waals surface area contributed by atoms with Gasteiger partial charge in [-0.25, -0.2) is 4.98 Å². The molecule has 1 atom stereocenters. The monoisotopic (exact) mass is 335 g/mol. The Morgan fingerprint density at radius 1 is 1.17 bits per heavy atom. The molecule has 0 saturated heterocycles. The van der Waals surface area contributed by atoms with Gasteiger partial charge in [-0.1, -0.05) is 48.2 Å². The predicted octanol–water partition coefficient (Wildman–Crippen LogP) is 4.55. The van der Waals surface area contributed by atoms with Gasteiger partial charge in [-0.2, -0.15) is 5.26 Å². The van der Waals surface area contributed by atoms with E-state index in [-0.39, 0.29) is 5.25 Å². The Bertz CT molecular complexity index is 868. The van der Waals surface area contributed by atoms with E-state index in [1.54, 1.807) is 7.11 Å². The van der Waals surface area contributed by atoms with Crippen molar-refractivity contribution in [2.75, 3.05) is 7.11 Å². The Kier molecular flexibility index (Phi) is 4.88. The first-order valence-electron chi connectivity index (χ1n) is 7.57. The van der Waals surface area contributed by atoms with E-state index in [9.17, 15) is 0 Å². The van der Waals surface area contributed by atoms with Crippen molar-refractivity contribution in [3.8, 4) is 28.8 Å². The summed E-state index contributed by atoms with van der Waals surface area (Å²) in [7, 11) is 1.65. The second-order valence-corrected chi connectivity index (χ2v) is 6.53. The molecule has 120 valence electrons. The average Bonchev–Trinajstić information content (AvgIpc) is 3.05. The molecule has 1 aromatic heterocycles. The zero-order chi connectivity index (χ0) is 16.9. The first kappa shape index (κ1) is 16.2. The van der Waals surface area contributed by atoms with Gasteiger partial charge in [0.1, 0.15) is 5.75 Å². The number of aromatic nitrogens is 2. The highest BCUT2D eigenvalue weighted by Gasteiger charge is 2.16. The lowest BCUT2D eigenvalue weighted by molar-refractivity contribution is 0.414. The highest BCUT2D eigenvalue weighted by molar-refractivity contribution is 8.00. The molecule has 0 saturated carbocycles. The van der Waals surface area contributed by atoms with Crippen molar-refractivity contribution in [2.45, 2.75) is 17.3 Å². The molecule has 0 N–H and O–H groups in total. The summed E-state index contributed by atoms with van der Waals surface area (Å²) in [5.41, 5.74) is 3.01. The minimum atomic E-state index is -0.180. The molecule has 0 bridgehead atoms. The van der Waals surface area contributed by atoms with Gasteiger partial charge in [-0.15, -0.1) is 0 Å². The van der Waals surface area contributed by atoms with Gasteiger partial charge >= 0.3 is 0 Å². The van der Waals surface area contributed by atoms with Crippen molar-refractivity contribution >= 4 is 11.8 Å². The zero-order valence-corrected chi connectivity index (χ0v) is 14.3. The minimum Gasteiger partial charge on any atom is -0.497 e. The lowest BCUT2D eigenvalue weighted by atomic mass is 10.1. The summed E-state index contributed by atoms with van der Waals surface area (Å²) in [4.78, 5) is 4.55. The average molecular weight is 335 g/mol. The second-order valence-electron chi connectivity index (χ2n) is 5.22. The number of methoxy groups -OCH3 is 1. The Hall–Kier alpha value is -2.71. The maximum atomic E-state index is 9.14. The van der Waals surface area contributed by atoms with Gasteiger partial charge in [0.05, 0.1) is 36.0 Å². The van der Waals surface area contributed by atoms with Gasteiger partial charge in [0.25, 0.3) is 0 Å². The Labute approximate surface area is 145 Å². The second kappa shape index (κ2) is 7.24. The number of imidazole rings is 1. The maximum Gasteiger partial charge on any atom is 0.174 e. The van der Waals surface area contributed by atoms with Crippen molar-refractivity contribution in [3.63, 3.8) is 0 Å². The quantitative estimate of drug-likeness (QED) is 0.642. The third-order valence-electron chi connectivity index (χ3n) is 3.57. The third-order valence-corrected chi connectivity index (χ3v) is 4.53. The molecule has 4 nitrogen and oxygen atoms in total. The lowest BCUT2D eigenvalue weighted by Crippen LogP contribution is -2.02. The van der Waals surface area contributed by atoms with Gasteiger partial charge < -0.3 is 4.74 Å². The molecular weight excluding hydrogens is 318 g/mol. The number of benzene rings is 2. The molecule has 5 heteroatoms. The Balaban J connectivity index is 2.16. The van der Waals surface area contributed by atoms with Crippen molar-refractivity contribution in [1.82, 2.24) is 9.55 Å². The van der Waals surface area contributed by atoms with E-state index in [4.69, 9.17) is 10.00 Å². The van der Waals surface area contributed by atoms with Gasteiger partial charge in [0, 0.05) is 11.6 Å². The number of nitriles is 1. The molecule has 0 aliphatic heterocycles. The fourth-order valence-corrected chi connectivity index (χ4v) is 3.21. The molecule has 0 unspecified atom stereocenters. The Morgan fingerprint density at radius 2 is 1.96 bits per heavy atom. The normalized spacial score (nSPS) is 11.7. The maximum absolute atomic E-state index is 9.14. The summed E-state index contributed by atoms with van der Waals surface area (Å²) in [6.07, 6.45) is 1.85. The van der Waals surface area contributed by atoms with E-state index in [1.807, 2.05) is 55.6 Å². The summed E-state index contributed by atoms with van der Waals surface area (Å²) >= 11 is 1.44. The van der Waals surface area contributed by atoms with E-state index in [0.717, 1.165) is 27.9 Å². The van der Waals surface area contributed by atoms with Crippen LogP contribution in [0.2, 0.25) is 0 Å². The van der Waals surface area contributed by atoms with Crippen molar-refractivity contribution in [1.29, 1.82) is 5.26 Å². The minimum absolute atomic E-state index is 0.180. The van der Waals surface area contributed by atoms with Crippen LogP contribution in [0.15, 0.2) is 66.0 Å². The van der Waals surface area contributed by atoms with Crippen LogP contribution in [0.4, 0.5) is 0 Å². The molecule has 0 aliphatic rings. The molecule has 2 aromatic carbocycles. The fourth-order valence-electron chi connectivity index (χ4n) is 2.41. The van der Waals surface area contributed by atoms with Crippen molar-refractivity contribution in [3.05, 3.63) is 60.8 Å². The van der Waals surface area contributed by atoms with E-state index in [1.165, 1.54) is 11.8 Å². The molecule has 3 aromatic rings. The molecule has 24 heavy (non-hydrogen) atoms. The van der Waals surface area contributed by atoms with E-state index >= 15 is 0 Å². The third kappa shape index (κ3) is 3.29. The molecule has 0 radical (unpaired) electrons. The molecule has 0 spiro atoms. The van der Waals surface area contributed by atoms with Crippen LogP contribution in [-0.2, 0) is 0 Å². The standard InChI is InChI=1S/C19H17N3OS/c1-14(12-20)24-19-21-13-18(15-7-4-3-5-8-15)22(19)16-9-6-10-17(11-16)23-2/h3-11,13-14H,1-2H3/t14-/m0/s1. The van der Waals surface area contributed by atoms with Gasteiger partial charge in [0.2, 0.25) is 0 Å². The van der Waals surface area contributed by atoms with Crippen LogP contribution in [0.5, 0.6) is 5.75 Å². The lowest BCUT2D eigenvalue weighted by Gasteiger charge is -2.13. The number of hydrogen-bond acceptors (Lipinski definition) is 4. The summed E-state index contributed by atoms with van der Waals surface area (Å²) in [5.74, 6) is 0.782. The van der Waals surface area contributed by atoms with Gasteiger partial charge in [-0.3, -0.25) is 4.57 Å². The predicted molar refractivity (Wildman–Crippen MR) is 96.5 cm³/mol. The number of hydrogen-bond donors (Lipinski definition) is 0. The number of rotatable bonds is 5. The number of ether oxygens (including phenoxy) is 1. The van der Waals surface area contributed by atoms with E-state index in [0.29, 0.717) is 0 Å². The SMILES string of the molecule is COc1cccc(-n2c(-c3ccccc3)cnc2S[C@@H](C)C#N)c1. The summed E-state index contributed by atoms with van der Waals surface area (Å²) in [6, 6.07) is 20.2.